The predicted molar refractivity (Wildman–Crippen MR) is 114 cm³/mol. The van der Waals surface area contributed by atoms with Crippen LogP contribution < -0.4 is 20.1 Å². The monoisotopic (exact) mass is 444 g/mol. The van der Waals surface area contributed by atoms with Crippen molar-refractivity contribution in [3.8, 4) is 11.5 Å². The molecule has 32 heavy (non-hydrogen) atoms. The molecule has 1 atom stereocenters. The molecule has 1 aliphatic carbocycles. The summed E-state index contributed by atoms with van der Waals surface area (Å²) in [5.41, 5.74) is 7.60. The van der Waals surface area contributed by atoms with E-state index in [9.17, 15) is 18.0 Å². The molecule has 1 unspecified atom stereocenters. The van der Waals surface area contributed by atoms with Crippen molar-refractivity contribution in [2.24, 2.45) is 5.73 Å². The second-order valence-electron chi connectivity index (χ2n) is 7.63. The molecule has 1 aliphatic heterocycles. The zero-order chi connectivity index (χ0) is 22.7. The van der Waals surface area contributed by atoms with Crippen molar-refractivity contribution < 1.29 is 27.4 Å². The first-order chi connectivity index (χ1) is 15.3. The van der Waals surface area contributed by atoms with Crippen LogP contribution in [-0.2, 0) is 17.4 Å². The second-order valence-corrected chi connectivity index (χ2v) is 7.63. The van der Waals surface area contributed by atoms with E-state index >= 15 is 0 Å². The Hall–Kier alpha value is -3.26. The van der Waals surface area contributed by atoms with Crippen LogP contribution in [0.3, 0.4) is 0 Å². The van der Waals surface area contributed by atoms with Crippen LogP contribution in [0.1, 0.15) is 24.0 Å². The van der Waals surface area contributed by atoms with Gasteiger partial charge >= 0.3 is 6.18 Å². The van der Waals surface area contributed by atoms with Crippen LogP contribution in [-0.4, -0.2) is 25.3 Å². The molecule has 2 N–H and O–H groups in total. The van der Waals surface area contributed by atoms with Gasteiger partial charge in [0, 0.05) is 18.3 Å². The maximum absolute atomic E-state index is 13.4. The van der Waals surface area contributed by atoms with Crippen molar-refractivity contribution in [2.45, 2.75) is 31.5 Å². The standard InChI is InChI=1S/C24H23F3N2O3/c25-24(26,27)18-8-6-16(7-9-18)12-13-29(19-10-11-20-21(14-19)32-15-31-20)23(30)22(28)17-4-2-1-3-5-17/h2,4-11,14,22H,1,3,12-13,15,28H2. The van der Waals surface area contributed by atoms with E-state index in [0.717, 1.165) is 30.5 Å². The van der Waals surface area contributed by atoms with Crippen molar-refractivity contribution in [3.05, 3.63) is 77.4 Å². The number of rotatable bonds is 6. The van der Waals surface area contributed by atoms with Crippen LogP contribution in [0, 0.1) is 0 Å². The Balaban J connectivity index is 1.56. The number of alkyl halides is 3. The third-order valence-electron chi connectivity index (χ3n) is 5.49. The Morgan fingerprint density at radius 3 is 2.50 bits per heavy atom. The fraction of sp³-hybridized carbons (Fsp3) is 0.292. The Morgan fingerprint density at radius 1 is 1.06 bits per heavy atom. The van der Waals surface area contributed by atoms with E-state index in [0.29, 0.717) is 29.2 Å². The van der Waals surface area contributed by atoms with Gasteiger partial charge in [0.25, 0.3) is 0 Å². The van der Waals surface area contributed by atoms with E-state index in [-0.39, 0.29) is 19.2 Å². The van der Waals surface area contributed by atoms with Gasteiger partial charge in [-0.25, -0.2) is 0 Å². The number of nitrogens with zero attached hydrogens (tertiary/aromatic N) is 1. The summed E-state index contributed by atoms with van der Waals surface area (Å²) in [5.74, 6) is 0.819. The first-order valence-corrected chi connectivity index (χ1v) is 10.3. The summed E-state index contributed by atoms with van der Waals surface area (Å²) in [6, 6.07) is 9.29. The number of ether oxygens (including phenoxy) is 2. The summed E-state index contributed by atoms with van der Waals surface area (Å²) >= 11 is 0. The van der Waals surface area contributed by atoms with E-state index < -0.39 is 17.8 Å². The van der Waals surface area contributed by atoms with Gasteiger partial charge in [-0.15, -0.1) is 0 Å². The van der Waals surface area contributed by atoms with Crippen LogP contribution in [0.15, 0.2) is 66.3 Å². The minimum absolute atomic E-state index is 0.107. The fourth-order valence-electron chi connectivity index (χ4n) is 3.70. The van der Waals surface area contributed by atoms with E-state index in [1.165, 1.54) is 12.1 Å². The number of fused-ring (bicyclic) bond motifs is 1. The lowest BCUT2D eigenvalue weighted by Gasteiger charge is -2.27. The summed E-state index contributed by atoms with van der Waals surface area (Å²) in [6.07, 6.45) is 3.50. The van der Waals surface area contributed by atoms with Crippen LogP contribution in [0.5, 0.6) is 11.5 Å². The first kappa shape index (κ1) is 22.0. The number of benzene rings is 2. The van der Waals surface area contributed by atoms with Crippen molar-refractivity contribution in [1.29, 1.82) is 0 Å². The van der Waals surface area contributed by atoms with E-state index in [4.69, 9.17) is 15.2 Å². The highest BCUT2D eigenvalue weighted by molar-refractivity contribution is 5.99. The zero-order valence-electron chi connectivity index (χ0n) is 17.3. The van der Waals surface area contributed by atoms with Gasteiger partial charge in [0.1, 0.15) is 6.04 Å². The highest BCUT2D eigenvalue weighted by Gasteiger charge is 2.30. The highest BCUT2D eigenvalue weighted by Crippen LogP contribution is 2.36. The SMILES string of the molecule is NC(C(=O)N(CCc1ccc(C(F)(F)F)cc1)c1ccc2c(c1)OCO2)C1=CCCC=C1. The average Bonchev–Trinajstić information content (AvgIpc) is 3.27. The van der Waals surface area contributed by atoms with Crippen molar-refractivity contribution in [3.63, 3.8) is 0 Å². The molecule has 0 radical (unpaired) electrons. The first-order valence-electron chi connectivity index (χ1n) is 10.3. The molecular formula is C24H23F3N2O3. The highest BCUT2D eigenvalue weighted by atomic mass is 19.4. The number of hydrogen-bond acceptors (Lipinski definition) is 4. The predicted octanol–water partition coefficient (Wildman–Crippen LogP) is 4.61. The molecule has 0 bridgehead atoms. The van der Waals surface area contributed by atoms with Crippen LogP contribution in [0.25, 0.3) is 0 Å². The normalized spacial score (nSPS) is 15.9. The van der Waals surface area contributed by atoms with Crippen LogP contribution in [0.4, 0.5) is 18.9 Å². The number of allylic oxidation sites excluding steroid dienone is 2. The number of halogens is 3. The summed E-state index contributed by atoms with van der Waals surface area (Å²) in [6.45, 7) is 0.351. The van der Waals surface area contributed by atoms with E-state index in [1.54, 1.807) is 23.1 Å². The van der Waals surface area contributed by atoms with Gasteiger partial charge < -0.3 is 20.1 Å². The molecule has 0 spiro atoms. The van der Waals surface area contributed by atoms with E-state index in [2.05, 4.69) is 0 Å². The van der Waals surface area contributed by atoms with Gasteiger partial charge in [0.15, 0.2) is 11.5 Å². The van der Waals surface area contributed by atoms with Crippen molar-refractivity contribution in [2.75, 3.05) is 18.2 Å². The average molecular weight is 444 g/mol. The maximum atomic E-state index is 13.4. The molecule has 0 saturated heterocycles. The fourth-order valence-corrected chi connectivity index (χ4v) is 3.70. The number of anilines is 1. The molecule has 1 amide bonds. The largest absolute Gasteiger partial charge is 0.454 e. The lowest BCUT2D eigenvalue weighted by molar-refractivity contribution is -0.137. The number of amides is 1. The van der Waals surface area contributed by atoms with Gasteiger partial charge in [-0.2, -0.15) is 13.2 Å². The Morgan fingerprint density at radius 2 is 1.81 bits per heavy atom. The molecule has 5 nitrogen and oxygen atoms in total. The molecule has 8 heteroatoms. The van der Waals surface area contributed by atoms with Gasteiger partial charge in [-0.3, -0.25) is 4.79 Å². The molecule has 4 rings (SSSR count). The third-order valence-corrected chi connectivity index (χ3v) is 5.49. The van der Waals surface area contributed by atoms with Gasteiger partial charge in [0.2, 0.25) is 12.7 Å². The molecule has 2 aromatic rings. The Bertz CT molecular complexity index is 1050. The second kappa shape index (κ2) is 9.08. The summed E-state index contributed by atoms with van der Waals surface area (Å²) in [5, 5.41) is 0. The number of hydrogen-bond donors (Lipinski definition) is 1. The van der Waals surface area contributed by atoms with E-state index in [1.807, 2.05) is 18.2 Å². The molecule has 168 valence electrons. The molecule has 0 saturated carbocycles. The minimum atomic E-state index is -4.39. The molecule has 2 aliphatic rings. The topological polar surface area (TPSA) is 64.8 Å². The molecule has 2 aromatic carbocycles. The third kappa shape index (κ3) is 4.80. The Kier molecular flexibility index (Phi) is 6.23. The lowest BCUT2D eigenvalue weighted by atomic mass is 9.99. The zero-order valence-corrected chi connectivity index (χ0v) is 17.3. The van der Waals surface area contributed by atoms with Gasteiger partial charge in [0.05, 0.1) is 5.56 Å². The van der Waals surface area contributed by atoms with Crippen LogP contribution >= 0.6 is 0 Å². The van der Waals surface area contributed by atoms with Gasteiger partial charge in [-0.05, 0) is 54.7 Å². The molecular weight excluding hydrogens is 421 g/mol. The van der Waals surface area contributed by atoms with Crippen LogP contribution in [0.2, 0.25) is 0 Å². The van der Waals surface area contributed by atoms with Crippen molar-refractivity contribution in [1.82, 2.24) is 0 Å². The maximum Gasteiger partial charge on any atom is 0.416 e. The molecule has 0 aromatic heterocycles. The number of carbonyl (C=O) groups is 1. The number of nitrogens with two attached hydrogens (primary N) is 1. The quantitative estimate of drug-likeness (QED) is 0.707. The minimum Gasteiger partial charge on any atom is -0.454 e. The smallest absolute Gasteiger partial charge is 0.416 e. The summed E-state index contributed by atoms with van der Waals surface area (Å²) in [4.78, 5) is 14.9. The Labute approximate surface area is 183 Å². The molecule has 0 fully saturated rings. The summed E-state index contributed by atoms with van der Waals surface area (Å²) in [7, 11) is 0. The molecule has 1 heterocycles. The summed E-state index contributed by atoms with van der Waals surface area (Å²) < 4.78 is 49.3. The van der Waals surface area contributed by atoms with Gasteiger partial charge in [-0.1, -0.05) is 30.4 Å². The lowest BCUT2D eigenvalue weighted by Crippen LogP contribution is -2.45. The van der Waals surface area contributed by atoms with Crippen molar-refractivity contribution >= 4 is 11.6 Å². The number of carbonyl (C=O) groups excluding carboxylic acids is 1.